The molecule has 0 atom stereocenters. The number of rotatable bonds is 2. The van der Waals surface area contributed by atoms with Gasteiger partial charge in [-0.1, -0.05) is 17.7 Å². The largest absolute Gasteiger partial charge is 0.354 e. The standard InChI is InChI=1S/C14H11ClN2/c1-10-2-7-14(11(8-10)9-16)17-13-5-3-12(15)4-6-13/h2-8,17H,1H3. The molecule has 0 fully saturated rings. The maximum Gasteiger partial charge on any atom is 0.101 e. The van der Waals surface area contributed by atoms with Crippen LogP contribution in [0.25, 0.3) is 0 Å². The van der Waals surface area contributed by atoms with E-state index in [9.17, 15) is 0 Å². The molecule has 3 heteroatoms. The van der Waals surface area contributed by atoms with Crippen LogP contribution in [0.2, 0.25) is 5.02 Å². The smallest absolute Gasteiger partial charge is 0.101 e. The van der Waals surface area contributed by atoms with Crippen LogP contribution in [0.5, 0.6) is 0 Å². The van der Waals surface area contributed by atoms with Gasteiger partial charge in [0.15, 0.2) is 0 Å². The molecule has 0 saturated carbocycles. The average Bonchev–Trinajstić information content (AvgIpc) is 2.34. The molecule has 2 rings (SSSR count). The number of nitrogens with one attached hydrogen (secondary N) is 1. The van der Waals surface area contributed by atoms with Gasteiger partial charge >= 0.3 is 0 Å². The normalized spacial score (nSPS) is 9.71. The van der Waals surface area contributed by atoms with Crippen molar-refractivity contribution < 1.29 is 0 Å². The Morgan fingerprint density at radius 2 is 1.82 bits per heavy atom. The van der Waals surface area contributed by atoms with Gasteiger partial charge in [-0.15, -0.1) is 0 Å². The third-order valence-electron chi connectivity index (χ3n) is 2.42. The molecule has 84 valence electrons. The predicted octanol–water partition coefficient (Wildman–Crippen LogP) is 4.26. The zero-order valence-corrected chi connectivity index (χ0v) is 10.1. The first kappa shape index (κ1) is 11.5. The van der Waals surface area contributed by atoms with E-state index in [-0.39, 0.29) is 0 Å². The molecule has 0 amide bonds. The minimum atomic E-state index is 0.639. The van der Waals surface area contributed by atoms with Gasteiger partial charge in [0, 0.05) is 10.7 Å². The number of nitrogens with zero attached hydrogens (tertiary/aromatic N) is 1. The van der Waals surface area contributed by atoms with Crippen molar-refractivity contribution in [1.29, 1.82) is 5.26 Å². The molecule has 0 aromatic heterocycles. The van der Waals surface area contributed by atoms with Gasteiger partial charge in [0.1, 0.15) is 6.07 Å². The average molecular weight is 243 g/mol. The van der Waals surface area contributed by atoms with Crippen molar-refractivity contribution in [3.05, 3.63) is 58.6 Å². The molecular formula is C14H11ClN2. The van der Waals surface area contributed by atoms with Crippen LogP contribution in [-0.4, -0.2) is 0 Å². The second-order valence-corrected chi connectivity index (χ2v) is 4.23. The van der Waals surface area contributed by atoms with E-state index in [1.807, 2.05) is 49.4 Å². The number of hydrogen-bond donors (Lipinski definition) is 1. The molecule has 2 nitrogen and oxygen atoms in total. The van der Waals surface area contributed by atoms with E-state index in [2.05, 4.69) is 11.4 Å². The SMILES string of the molecule is Cc1ccc(Nc2ccc(Cl)cc2)c(C#N)c1. The summed E-state index contributed by atoms with van der Waals surface area (Å²) in [6.07, 6.45) is 0. The third kappa shape index (κ3) is 2.77. The Bertz CT molecular complexity index is 568. The summed E-state index contributed by atoms with van der Waals surface area (Å²) in [5, 5.41) is 12.9. The van der Waals surface area contributed by atoms with Crippen molar-refractivity contribution in [2.75, 3.05) is 5.32 Å². The van der Waals surface area contributed by atoms with Crippen LogP contribution in [0.15, 0.2) is 42.5 Å². The van der Waals surface area contributed by atoms with Crippen LogP contribution in [-0.2, 0) is 0 Å². The first-order chi connectivity index (χ1) is 8.19. The molecule has 0 aliphatic heterocycles. The van der Waals surface area contributed by atoms with Crippen molar-refractivity contribution in [2.45, 2.75) is 6.92 Å². The first-order valence-electron chi connectivity index (χ1n) is 5.22. The highest BCUT2D eigenvalue weighted by Crippen LogP contribution is 2.22. The van der Waals surface area contributed by atoms with Gasteiger partial charge in [0.05, 0.1) is 11.3 Å². The van der Waals surface area contributed by atoms with Gasteiger partial charge in [-0.2, -0.15) is 5.26 Å². The highest BCUT2D eigenvalue weighted by atomic mass is 35.5. The van der Waals surface area contributed by atoms with E-state index >= 15 is 0 Å². The molecule has 0 aliphatic carbocycles. The summed E-state index contributed by atoms with van der Waals surface area (Å²) in [6, 6.07) is 15.3. The molecule has 0 spiro atoms. The van der Waals surface area contributed by atoms with Gasteiger partial charge in [-0.05, 0) is 48.9 Å². The Morgan fingerprint density at radius 1 is 1.12 bits per heavy atom. The Labute approximate surface area is 105 Å². The maximum atomic E-state index is 9.05. The van der Waals surface area contributed by atoms with Crippen LogP contribution in [0.1, 0.15) is 11.1 Å². The minimum absolute atomic E-state index is 0.639. The van der Waals surface area contributed by atoms with Crippen LogP contribution in [0.4, 0.5) is 11.4 Å². The van der Waals surface area contributed by atoms with Crippen LogP contribution in [0, 0.1) is 18.3 Å². The lowest BCUT2D eigenvalue weighted by atomic mass is 10.1. The van der Waals surface area contributed by atoms with Crippen molar-refractivity contribution in [3.63, 3.8) is 0 Å². The number of aryl methyl sites for hydroxylation is 1. The molecule has 0 saturated heterocycles. The number of hydrogen-bond acceptors (Lipinski definition) is 2. The quantitative estimate of drug-likeness (QED) is 0.854. The van der Waals surface area contributed by atoms with E-state index in [1.54, 1.807) is 0 Å². The molecule has 2 aromatic rings. The van der Waals surface area contributed by atoms with Crippen molar-refractivity contribution in [3.8, 4) is 6.07 Å². The molecule has 1 N–H and O–H groups in total. The number of nitriles is 1. The maximum absolute atomic E-state index is 9.05. The summed E-state index contributed by atoms with van der Waals surface area (Å²) in [5.74, 6) is 0. The fraction of sp³-hybridized carbons (Fsp3) is 0.0714. The molecule has 0 radical (unpaired) electrons. The summed E-state index contributed by atoms with van der Waals surface area (Å²) in [6.45, 7) is 1.97. The van der Waals surface area contributed by atoms with E-state index in [4.69, 9.17) is 16.9 Å². The summed E-state index contributed by atoms with van der Waals surface area (Å²) in [5.41, 5.74) is 3.43. The van der Waals surface area contributed by atoms with Crippen molar-refractivity contribution >= 4 is 23.0 Å². The van der Waals surface area contributed by atoms with E-state index in [0.717, 1.165) is 16.9 Å². The zero-order valence-electron chi connectivity index (χ0n) is 9.37. The van der Waals surface area contributed by atoms with Gasteiger partial charge in [-0.3, -0.25) is 0 Å². The topological polar surface area (TPSA) is 35.8 Å². The molecular weight excluding hydrogens is 232 g/mol. The Morgan fingerprint density at radius 3 is 2.47 bits per heavy atom. The van der Waals surface area contributed by atoms with Crippen LogP contribution in [0.3, 0.4) is 0 Å². The Kier molecular flexibility index (Phi) is 3.32. The van der Waals surface area contributed by atoms with Gasteiger partial charge in [0.2, 0.25) is 0 Å². The van der Waals surface area contributed by atoms with E-state index in [1.165, 1.54) is 0 Å². The molecule has 0 aliphatic rings. The highest BCUT2D eigenvalue weighted by molar-refractivity contribution is 6.30. The molecule has 0 bridgehead atoms. The third-order valence-corrected chi connectivity index (χ3v) is 2.67. The lowest BCUT2D eigenvalue weighted by molar-refractivity contribution is 1.40. The lowest BCUT2D eigenvalue weighted by Gasteiger charge is -2.08. The van der Waals surface area contributed by atoms with Gasteiger partial charge < -0.3 is 5.32 Å². The fourth-order valence-electron chi connectivity index (χ4n) is 1.55. The molecule has 17 heavy (non-hydrogen) atoms. The monoisotopic (exact) mass is 242 g/mol. The summed E-state index contributed by atoms with van der Waals surface area (Å²) in [4.78, 5) is 0. The molecule has 0 unspecified atom stereocenters. The van der Waals surface area contributed by atoms with Crippen LogP contribution < -0.4 is 5.32 Å². The Balaban J connectivity index is 2.30. The second-order valence-electron chi connectivity index (χ2n) is 3.79. The van der Waals surface area contributed by atoms with Gasteiger partial charge in [-0.25, -0.2) is 0 Å². The summed E-state index contributed by atoms with van der Waals surface area (Å²) >= 11 is 5.81. The van der Waals surface area contributed by atoms with Crippen LogP contribution >= 0.6 is 11.6 Å². The predicted molar refractivity (Wildman–Crippen MR) is 70.6 cm³/mol. The highest BCUT2D eigenvalue weighted by Gasteiger charge is 2.02. The van der Waals surface area contributed by atoms with E-state index < -0.39 is 0 Å². The molecule has 0 heterocycles. The minimum Gasteiger partial charge on any atom is -0.354 e. The first-order valence-corrected chi connectivity index (χ1v) is 5.60. The number of anilines is 2. The number of halogens is 1. The molecule has 2 aromatic carbocycles. The van der Waals surface area contributed by atoms with Crippen molar-refractivity contribution in [2.24, 2.45) is 0 Å². The second kappa shape index (κ2) is 4.90. The summed E-state index contributed by atoms with van der Waals surface area (Å²) in [7, 11) is 0. The van der Waals surface area contributed by atoms with Crippen molar-refractivity contribution in [1.82, 2.24) is 0 Å². The lowest BCUT2D eigenvalue weighted by Crippen LogP contribution is -1.93. The summed E-state index contributed by atoms with van der Waals surface area (Å²) < 4.78 is 0. The van der Waals surface area contributed by atoms with E-state index in [0.29, 0.717) is 10.6 Å². The Hall–Kier alpha value is -1.98. The zero-order chi connectivity index (χ0) is 12.3. The van der Waals surface area contributed by atoms with Gasteiger partial charge in [0.25, 0.3) is 0 Å². The fourth-order valence-corrected chi connectivity index (χ4v) is 1.67. The number of benzene rings is 2.